The standard InChI is InChI=1S/C20H34.C20H26.C3H8.CH4.2CH3.2ClH.Zr/c2*1-3-7-19-15(5-1)9-11-17(19)13-14-18-12-10-16-6-2-4-8-20(16)18;1-3-2;;;;;;/h15-20H,1-14H2;1-8,15-20H,9-14H2;3H2,1-2H3;1H4;2*1H3;2*1H;/q;;;;2*-1;;;+4/p-2. The summed E-state index contributed by atoms with van der Waals surface area (Å²) in [5.74, 6) is 12.3. The van der Waals surface area contributed by atoms with Gasteiger partial charge in [0.1, 0.15) is 0 Å². The number of hydrogen-bond donors (Lipinski definition) is 0. The van der Waals surface area contributed by atoms with Crippen LogP contribution in [0, 0.1) is 85.9 Å². The van der Waals surface area contributed by atoms with Crippen molar-refractivity contribution in [2.75, 3.05) is 0 Å². The summed E-state index contributed by atoms with van der Waals surface area (Å²) < 4.78 is 0. The second-order valence-electron chi connectivity index (χ2n) is 16.7. The van der Waals surface area contributed by atoms with E-state index in [1.165, 1.54) is 44.9 Å². The van der Waals surface area contributed by atoms with Gasteiger partial charge in [0.15, 0.2) is 0 Å². The topological polar surface area (TPSA) is 0 Å². The molecule has 6 fully saturated rings. The second kappa shape index (κ2) is 24.7. The minimum atomic E-state index is -0.826. The van der Waals surface area contributed by atoms with E-state index in [-0.39, 0.29) is 22.3 Å². The van der Waals surface area contributed by atoms with Crippen LogP contribution in [0.1, 0.15) is 156 Å². The van der Waals surface area contributed by atoms with E-state index in [9.17, 15) is 0 Å². The molecule has 0 nitrogen and oxygen atoms in total. The zero-order chi connectivity index (χ0) is 32.1. The van der Waals surface area contributed by atoms with Crippen LogP contribution in [0.2, 0.25) is 0 Å². The van der Waals surface area contributed by atoms with Crippen molar-refractivity contribution < 1.29 is 20.8 Å². The Morgan fingerprint density at radius 3 is 1.20 bits per heavy atom. The summed E-state index contributed by atoms with van der Waals surface area (Å²) in [5.41, 5.74) is 0. The molecule has 0 heterocycles. The fraction of sp³-hybridized carbons (Fsp3) is 0.783. The van der Waals surface area contributed by atoms with Crippen molar-refractivity contribution in [1.29, 1.82) is 0 Å². The van der Waals surface area contributed by atoms with Crippen LogP contribution in [-0.2, 0) is 20.8 Å². The molecule has 3 heteroatoms. The summed E-state index contributed by atoms with van der Waals surface area (Å²) in [5, 5.41) is 0. The quantitative estimate of drug-likeness (QED) is 0.235. The first-order chi connectivity index (χ1) is 22.7. The molecule has 0 spiro atoms. The zero-order valence-corrected chi connectivity index (χ0v) is 35.6. The molecule has 0 aromatic heterocycles. The van der Waals surface area contributed by atoms with Crippen LogP contribution < -0.4 is 0 Å². The molecule has 0 bridgehead atoms. The number of allylic oxidation sites excluding steroid dienone is 8. The van der Waals surface area contributed by atoms with Crippen LogP contribution in [-0.4, -0.2) is 0 Å². The molecule has 49 heavy (non-hydrogen) atoms. The summed E-state index contributed by atoms with van der Waals surface area (Å²) in [4.78, 5) is 0. The van der Waals surface area contributed by atoms with Crippen molar-refractivity contribution in [2.45, 2.75) is 156 Å². The van der Waals surface area contributed by atoms with Crippen molar-refractivity contribution in [2.24, 2.45) is 71.0 Å². The van der Waals surface area contributed by atoms with Crippen molar-refractivity contribution in [3.63, 3.8) is 0 Å². The van der Waals surface area contributed by atoms with Gasteiger partial charge in [0, 0.05) is 0 Å². The Morgan fingerprint density at radius 2 is 0.796 bits per heavy atom. The number of rotatable bonds is 6. The molecule has 8 aliphatic rings. The zero-order valence-electron chi connectivity index (χ0n) is 31.7. The van der Waals surface area contributed by atoms with E-state index >= 15 is 0 Å². The van der Waals surface area contributed by atoms with E-state index in [0.717, 1.165) is 71.0 Å². The van der Waals surface area contributed by atoms with Crippen LogP contribution in [0.4, 0.5) is 0 Å². The Balaban J connectivity index is 0.000000279. The fourth-order valence-corrected chi connectivity index (χ4v) is 12.1. The molecule has 0 aromatic rings. The molecule has 6 saturated carbocycles. The molecule has 12 unspecified atom stereocenters. The first kappa shape index (κ1) is 45.6. The molecule has 12 atom stereocenters. The Kier molecular flexibility index (Phi) is 23.0. The molecule has 0 amide bonds. The molecule has 0 saturated heterocycles. The van der Waals surface area contributed by atoms with Gasteiger partial charge in [-0.05, 0) is 161 Å². The molecule has 8 rings (SSSR count). The monoisotopic (exact) mass is 790 g/mol. The van der Waals surface area contributed by atoms with Crippen molar-refractivity contribution >= 4 is 17.0 Å². The SMILES string of the molecule is C.C1=CC2CCC(CCC3CCC4C=CC=CC43)C2C=C1.C1CCC2C(C1)CCC2CCC1CCC2CCCCC21.CCC.[CH3-].[CH3-].[Cl][Zr+2][Cl]. The van der Waals surface area contributed by atoms with Crippen LogP contribution in [0.5, 0.6) is 0 Å². The summed E-state index contributed by atoms with van der Waals surface area (Å²) >= 11 is -0.826. The third kappa shape index (κ3) is 12.8. The van der Waals surface area contributed by atoms with Crippen LogP contribution in [0.15, 0.2) is 48.6 Å². The molecule has 0 N–H and O–H groups in total. The number of fused-ring (bicyclic) bond motifs is 4. The number of hydrogen-bond acceptors (Lipinski definition) is 0. The van der Waals surface area contributed by atoms with E-state index in [1.807, 2.05) is 0 Å². The van der Waals surface area contributed by atoms with Gasteiger partial charge in [-0.25, -0.2) is 0 Å². The maximum atomic E-state index is 4.93. The third-order valence-corrected chi connectivity index (χ3v) is 14.2. The van der Waals surface area contributed by atoms with Crippen LogP contribution >= 0.6 is 17.0 Å². The summed E-state index contributed by atoms with van der Waals surface area (Å²) in [6.07, 6.45) is 51.0. The number of halogens is 2. The van der Waals surface area contributed by atoms with Gasteiger partial charge in [-0.1, -0.05) is 115 Å². The van der Waals surface area contributed by atoms with E-state index in [0.29, 0.717) is 0 Å². The molecule has 0 aromatic carbocycles. The summed E-state index contributed by atoms with van der Waals surface area (Å²) in [6, 6.07) is 0. The third-order valence-electron chi connectivity index (χ3n) is 14.2. The normalized spacial score (nSPS) is 38.4. The van der Waals surface area contributed by atoms with Gasteiger partial charge in [-0.2, -0.15) is 0 Å². The average Bonchev–Trinajstić information content (AvgIpc) is 3.89. The van der Waals surface area contributed by atoms with Gasteiger partial charge < -0.3 is 14.9 Å². The molecular weight excluding hydrogens is 715 g/mol. The molecule has 8 aliphatic carbocycles. The van der Waals surface area contributed by atoms with Crippen LogP contribution in [0.3, 0.4) is 0 Å². The fourth-order valence-electron chi connectivity index (χ4n) is 12.1. The van der Waals surface area contributed by atoms with Gasteiger partial charge >= 0.3 is 37.9 Å². The maximum absolute atomic E-state index is 4.93. The molecule has 0 radical (unpaired) electrons. The van der Waals surface area contributed by atoms with Gasteiger partial charge in [-0.3, -0.25) is 0 Å². The molecule has 280 valence electrons. The first-order valence-electron chi connectivity index (χ1n) is 20.3. The van der Waals surface area contributed by atoms with Gasteiger partial charge in [-0.15, -0.1) is 0 Å². The summed E-state index contributed by atoms with van der Waals surface area (Å²) in [7, 11) is 9.87. The minimum absolute atomic E-state index is 0. The van der Waals surface area contributed by atoms with Crippen molar-refractivity contribution in [3.05, 3.63) is 63.5 Å². The van der Waals surface area contributed by atoms with Gasteiger partial charge in [0.25, 0.3) is 0 Å². The summed E-state index contributed by atoms with van der Waals surface area (Å²) in [6.45, 7) is 4.25. The molecular formula is C46H78Cl2Zr. The van der Waals surface area contributed by atoms with Crippen LogP contribution in [0.25, 0.3) is 0 Å². The van der Waals surface area contributed by atoms with E-state index < -0.39 is 20.8 Å². The van der Waals surface area contributed by atoms with Crippen molar-refractivity contribution in [1.82, 2.24) is 0 Å². The van der Waals surface area contributed by atoms with Crippen molar-refractivity contribution in [3.8, 4) is 0 Å². The Labute approximate surface area is 326 Å². The van der Waals surface area contributed by atoms with E-state index in [4.69, 9.17) is 17.0 Å². The predicted octanol–water partition coefficient (Wildman–Crippen LogP) is 15.8. The predicted molar refractivity (Wildman–Crippen MR) is 218 cm³/mol. The van der Waals surface area contributed by atoms with Gasteiger partial charge in [0.05, 0.1) is 0 Å². The van der Waals surface area contributed by atoms with E-state index in [1.54, 1.807) is 89.9 Å². The van der Waals surface area contributed by atoms with Gasteiger partial charge in [0.2, 0.25) is 0 Å². The Hall–Kier alpha value is 0.423. The molecule has 0 aliphatic heterocycles. The average molecular weight is 793 g/mol. The first-order valence-corrected chi connectivity index (χ1v) is 26.7. The Bertz CT molecular complexity index is 906. The second-order valence-corrected chi connectivity index (χ2v) is 20.5. The van der Waals surface area contributed by atoms with E-state index in [2.05, 4.69) is 62.5 Å². The Morgan fingerprint density at radius 1 is 0.469 bits per heavy atom.